The van der Waals surface area contributed by atoms with Gasteiger partial charge in [-0.3, -0.25) is 9.59 Å². The first-order valence-corrected chi connectivity index (χ1v) is 10.5. The van der Waals surface area contributed by atoms with Crippen LogP contribution in [0, 0.1) is 0 Å². The lowest BCUT2D eigenvalue weighted by Gasteiger charge is -2.23. The molecule has 0 saturated heterocycles. The smallest absolute Gasteiger partial charge is 0.170 e. The van der Waals surface area contributed by atoms with E-state index in [-0.39, 0.29) is 11.6 Å². The minimum atomic E-state index is -0.415. The summed E-state index contributed by atoms with van der Waals surface area (Å²) >= 11 is 0. The zero-order chi connectivity index (χ0) is 21.5. The molecular weight excluding hydrogens is 380 g/mol. The summed E-state index contributed by atoms with van der Waals surface area (Å²) in [5.41, 5.74) is 3.18. The third-order valence-electron chi connectivity index (χ3n) is 5.62. The van der Waals surface area contributed by atoms with Gasteiger partial charge in [-0.2, -0.15) is 0 Å². The molecule has 31 heavy (non-hydrogen) atoms. The maximum atomic E-state index is 13.6. The number of carbonyl (C=O) groups is 2. The molecule has 2 nitrogen and oxygen atoms in total. The third kappa shape index (κ3) is 4.87. The van der Waals surface area contributed by atoms with Gasteiger partial charge in [0.2, 0.25) is 0 Å². The predicted octanol–water partition coefficient (Wildman–Crippen LogP) is 6.71. The molecule has 0 heterocycles. The highest BCUT2D eigenvalue weighted by Crippen LogP contribution is 2.34. The van der Waals surface area contributed by atoms with E-state index in [4.69, 9.17) is 0 Å². The van der Waals surface area contributed by atoms with Crippen molar-refractivity contribution in [2.24, 2.45) is 0 Å². The highest BCUT2D eigenvalue weighted by atomic mass is 16.1. The van der Waals surface area contributed by atoms with Gasteiger partial charge in [-0.15, -0.1) is 0 Å². The van der Waals surface area contributed by atoms with Gasteiger partial charge in [0.25, 0.3) is 0 Å². The highest BCUT2D eigenvalue weighted by molar-refractivity contribution is 6.04. The molecule has 0 bridgehead atoms. The Hall–Kier alpha value is -3.78. The van der Waals surface area contributed by atoms with E-state index in [0.29, 0.717) is 17.5 Å². The van der Waals surface area contributed by atoms with Crippen molar-refractivity contribution in [1.29, 1.82) is 0 Å². The van der Waals surface area contributed by atoms with Crippen molar-refractivity contribution in [2.45, 2.75) is 18.3 Å². The van der Waals surface area contributed by atoms with E-state index in [1.54, 1.807) is 0 Å². The first kappa shape index (κ1) is 20.5. The fraction of sp³-hybridized carbons (Fsp3) is 0.103. The monoisotopic (exact) mass is 404 g/mol. The number of hydrogen-bond acceptors (Lipinski definition) is 2. The Bertz CT molecular complexity index is 1030. The molecule has 0 aliphatic rings. The molecule has 0 saturated carbocycles. The van der Waals surface area contributed by atoms with Crippen LogP contribution in [-0.4, -0.2) is 11.6 Å². The van der Waals surface area contributed by atoms with Crippen LogP contribution >= 0.6 is 0 Å². The molecule has 0 spiro atoms. The van der Waals surface area contributed by atoms with Crippen LogP contribution in [0.1, 0.15) is 50.1 Å². The summed E-state index contributed by atoms with van der Waals surface area (Å²) in [5, 5.41) is 0. The molecule has 0 aromatic heterocycles. The highest BCUT2D eigenvalue weighted by Gasteiger charge is 2.30. The molecule has 0 fully saturated rings. The first-order chi connectivity index (χ1) is 15.2. The maximum Gasteiger partial charge on any atom is 0.170 e. The Kier molecular flexibility index (Phi) is 6.49. The Morgan fingerprint density at radius 2 is 0.742 bits per heavy atom. The Morgan fingerprint density at radius 1 is 0.452 bits per heavy atom. The van der Waals surface area contributed by atoms with Crippen LogP contribution in [0.25, 0.3) is 0 Å². The van der Waals surface area contributed by atoms with Gasteiger partial charge < -0.3 is 0 Å². The number of carbonyl (C=O) groups excluding carboxylic acids is 2. The summed E-state index contributed by atoms with van der Waals surface area (Å²) < 4.78 is 0. The molecule has 4 aromatic rings. The second kappa shape index (κ2) is 9.82. The van der Waals surface area contributed by atoms with Gasteiger partial charge in [-0.1, -0.05) is 121 Å². The summed E-state index contributed by atoms with van der Waals surface area (Å²) in [7, 11) is 0. The summed E-state index contributed by atoms with van der Waals surface area (Å²) in [5.74, 6) is -0.759. The van der Waals surface area contributed by atoms with Gasteiger partial charge in [0.05, 0.1) is 0 Å². The molecule has 2 atom stereocenters. The minimum absolute atomic E-state index is 0.0357. The summed E-state index contributed by atoms with van der Waals surface area (Å²) in [6, 6.07) is 38.2. The minimum Gasteiger partial charge on any atom is -0.293 e. The molecule has 0 aliphatic heterocycles. The van der Waals surface area contributed by atoms with Gasteiger partial charge in [0.15, 0.2) is 11.6 Å². The van der Waals surface area contributed by atoms with Crippen molar-refractivity contribution in [3.63, 3.8) is 0 Å². The first-order valence-electron chi connectivity index (χ1n) is 10.5. The molecule has 152 valence electrons. The zero-order valence-corrected chi connectivity index (χ0v) is 17.2. The lowest BCUT2D eigenvalue weighted by molar-refractivity contribution is 0.0918. The van der Waals surface area contributed by atoms with E-state index in [2.05, 4.69) is 0 Å². The third-order valence-corrected chi connectivity index (χ3v) is 5.62. The molecule has 4 rings (SSSR count). The quantitative estimate of drug-likeness (QED) is 0.306. The summed E-state index contributed by atoms with van der Waals surface area (Å²) in [6.45, 7) is 0. The largest absolute Gasteiger partial charge is 0.293 e. The van der Waals surface area contributed by atoms with Crippen LogP contribution in [0.15, 0.2) is 121 Å². The maximum absolute atomic E-state index is 13.6. The van der Waals surface area contributed by atoms with E-state index in [9.17, 15) is 9.59 Å². The number of benzene rings is 4. The molecule has 0 aliphatic carbocycles. The average molecular weight is 405 g/mol. The van der Waals surface area contributed by atoms with Gasteiger partial charge in [-0.25, -0.2) is 0 Å². The van der Waals surface area contributed by atoms with Gasteiger partial charge >= 0.3 is 0 Å². The lowest BCUT2D eigenvalue weighted by Crippen LogP contribution is -2.21. The van der Waals surface area contributed by atoms with Crippen molar-refractivity contribution in [2.75, 3.05) is 0 Å². The van der Waals surface area contributed by atoms with Crippen molar-refractivity contribution in [1.82, 2.24) is 0 Å². The topological polar surface area (TPSA) is 34.1 Å². The fourth-order valence-electron chi connectivity index (χ4n) is 4.00. The molecule has 0 N–H and O–H groups in total. The van der Waals surface area contributed by atoms with Gasteiger partial charge in [0.1, 0.15) is 0 Å². The molecule has 0 amide bonds. The second-order valence-corrected chi connectivity index (χ2v) is 7.62. The number of Topliss-reactive ketones (excluding diaryl/α,β-unsaturated/α-hetero) is 2. The Morgan fingerprint density at radius 3 is 1.06 bits per heavy atom. The van der Waals surface area contributed by atoms with E-state index in [1.165, 1.54) is 0 Å². The number of hydrogen-bond donors (Lipinski definition) is 0. The summed E-state index contributed by atoms with van der Waals surface area (Å²) in [4.78, 5) is 27.1. The SMILES string of the molecule is O=C(c1ccccc1)[C@@H](C[C@H](C(=O)c1ccccc1)c1ccccc1)c1ccccc1. The number of ketones is 2. The zero-order valence-electron chi connectivity index (χ0n) is 17.2. The van der Waals surface area contributed by atoms with Crippen LogP contribution in [-0.2, 0) is 0 Å². The van der Waals surface area contributed by atoms with Crippen LogP contribution in [0.3, 0.4) is 0 Å². The predicted molar refractivity (Wildman–Crippen MR) is 125 cm³/mol. The van der Waals surface area contributed by atoms with Gasteiger partial charge in [-0.05, 0) is 17.5 Å². The molecule has 0 unspecified atom stereocenters. The normalized spacial score (nSPS) is 12.6. The Labute approximate surface area is 183 Å². The van der Waals surface area contributed by atoms with Crippen LogP contribution < -0.4 is 0 Å². The van der Waals surface area contributed by atoms with E-state index in [1.807, 2.05) is 121 Å². The summed E-state index contributed by atoms with van der Waals surface area (Å²) in [6.07, 6.45) is 0.412. The van der Waals surface area contributed by atoms with Crippen molar-refractivity contribution in [3.05, 3.63) is 144 Å². The Balaban J connectivity index is 1.75. The van der Waals surface area contributed by atoms with Gasteiger partial charge in [0, 0.05) is 23.0 Å². The van der Waals surface area contributed by atoms with Crippen molar-refractivity contribution >= 4 is 11.6 Å². The molecule has 2 heteroatoms. The standard InChI is InChI=1S/C29H24O2/c30-28(24-17-9-3-10-18-24)26(22-13-5-1-6-14-22)21-27(23-15-7-2-8-16-23)29(31)25-19-11-4-12-20-25/h1-20,26-27H,21H2/t26-,27-/m0/s1. The van der Waals surface area contributed by atoms with E-state index < -0.39 is 11.8 Å². The van der Waals surface area contributed by atoms with E-state index in [0.717, 1.165) is 11.1 Å². The molecule has 4 aromatic carbocycles. The molecule has 0 radical (unpaired) electrons. The second-order valence-electron chi connectivity index (χ2n) is 7.62. The van der Waals surface area contributed by atoms with Crippen LogP contribution in [0.2, 0.25) is 0 Å². The van der Waals surface area contributed by atoms with Crippen molar-refractivity contribution < 1.29 is 9.59 Å². The van der Waals surface area contributed by atoms with Crippen LogP contribution in [0.4, 0.5) is 0 Å². The fourth-order valence-corrected chi connectivity index (χ4v) is 4.00. The number of rotatable bonds is 8. The molecular formula is C29H24O2. The lowest BCUT2D eigenvalue weighted by atomic mass is 9.78. The van der Waals surface area contributed by atoms with Crippen molar-refractivity contribution in [3.8, 4) is 0 Å². The van der Waals surface area contributed by atoms with Crippen LogP contribution in [0.5, 0.6) is 0 Å². The average Bonchev–Trinajstić information content (AvgIpc) is 2.86. The van der Waals surface area contributed by atoms with E-state index >= 15 is 0 Å².